The number of rotatable bonds is 3. The van der Waals surface area contributed by atoms with Crippen molar-refractivity contribution in [3.63, 3.8) is 0 Å². The molecule has 1 rings (SSSR count). The van der Waals surface area contributed by atoms with Crippen molar-refractivity contribution in [3.05, 3.63) is 23.0 Å². The zero-order valence-electron chi connectivity index (χ0n) is 8.50. The summed E-state index contributed by atoms with van der Waals surface area (Å²) in [6.07, 6.45) is -9.62. The monoisotopic (exact) mass is 271 g/mol. The molecule has 1 heterocycles. The van der Waals surface area contributed by atoms with Gasteiger partial charge in [0.15, 0.2) is 0 Å². The van der Waals surface area contributed by atoms with Crippen molar-refractivity contribution in [1.29, 1.82) is 0 Å². The number of aromatic nitrogens is 1. The van der Waals surface area contributed by atoms with Gasteiger partial charge in [0.2, 0.25) is 0 Å². The Morgan fingerprint density at radius 2 is 1.94 bits per heavy atom. The summed E-state index contributed by atoms with van der Waals surface area (Å²) < 4.78 is 62.7. The first-order chi connectivity index (χ1) is 8.14. The van der Waals surface area contributed by atoms with Crippen LogP contribution in [0.25, 0.3) is 0 Å². The fourth-order valence-corrected chi connectivity index (χ4v) is 1.39. The number of pyridine rings is 1. The lowest BCUT2D eigenvalue weighted by molar-refractivity contribution is -0.140. The topological polar surface area (TPSA) is 70.4 Å². The number of halogens is 5. The van der Waals surface area contributed by atoms with Gasteiger partial charge in [-0.05, 0) is 0 Å². The molecule has 0 aliphatic carbocycles. The van der Waals surface area contributed by atoms with Gasteiger partial charge in [-0.2, -0.15) is 13.2 Å². The first-order valence-corrected chi connectivity index (χ1v) is 4.42. The third-order valence-corrected chi connectivity index (χ3v) is 2.01. The maximum absolute atomic E-state index is 12.6. The Bertz CT molecular complexity index is 472. The molecule has 0 fully saturated rings. The maximum atomic E-state index is 12.6. The molecule has 0 saturated heterocycles. The Labute approximate surface area is 96.7 Å². The standard InChI is InChI=1S/C9H6F5NO3/c10-8(11)7-3(1-5(17)18)6(9(12,13)14)4(16)2-15-7/h2,8,16H,1H2,(H,17,18). The van der Waals surface area contributed by atoms with E-state index in [1.54, 1.807) is 0 Å². The molecule has 1 aromatic heterocycles. The minimum Gasteiger partial charge on any atom is -0.506 e. The second kappa shape index (κ2) is 4.75. The van der Waals surface area contributed by atoms with E-state index in [0.717, 1.165) is 0 Å². The van der Waals surface area contributed by atoms with Gasteiger partial charge in [-0.25, -0.2) is 8.78 Å². The number of carboxylic acid groups (broad SMARTS) is 1. The lowest BCUT2D eigenvalue weighted by Crippen LogP contribution is -2.16. The van der Waals surface area contributed by atoms with Gasteiger partial charge < -0.3 is 10.2 Å². The van der Waals surface area contributed by atoms with E-state index in [1.807, 2.05) is 0 Å². The Balaban J connectivity index is 3.55. The molecule has 0 radical (unpaired) electrons. The molecular formula is C9H6F5NO3. The molecule has 0 amide bonds. The predicted octanol–water partition coefficient (Wildman–Crippen LogP) is 2.37. The van der Waals surface area contributed by atoms with Gasteiger partial charge in [0, 0.05) is 5.56 Å². The highest BCUT2D eigenvalue weighted by atomic mass is 19.4. The molecule has 18 heavy (non-hydrogen) atoms. The van der Waals surface area contributed by atoms with Crippen molar-refractivity contribution in [1.82, 2.24) is 4.98 Å². The second-order valence-electron chi connectivity index (χ2n) is 3.25. The van der Waals surface area contributed by atoms with Crippen LogP contribution in [0.3, 0.4) is 0 Å². The number of aromatic hydroxyl groups is 1. The van der Waals surface area contributed by atoms with Crippen LogP contribution < -0.4 is 0 Å². The molecule has 2 N–H and O–H groups in total. The highest BCUT2D eigenvalue weighted by molar-refractivity contribution is 5.72. The molecule has 0 aliphatic rings. The number of hydrogen-bond donors (Lipinski definition) is 2. The average Bonchev–Trinajstić information content (AvgIpc) is 2.13. The van der Waals surface area contributed by atoms with Crippen LogP contribution in [0.1, 0.15) is 23.2 Å². The normalized spacial score (nSPS) is 11.9. The largest absolute Gasteiger partial charge is 0.506 e. The van der Waals surface area contributed by atoms with Gasteiger partial charge in [-0.15, -0.1) is 0 Å². The quantitative estimate of drug-likeness (QED) is 0.828. The van der Waals surface area contributed by atoms with Crippen LogP contribution in [0.5, 0.6) is 5.75 Å². The second-order valence-corrected chi connectivity index (χ2v) is 3.25. The van der Waals surface area contributed by atoms with Crippen LogP contribution >= 0.6 is 0 Å². The van der Waals surface area contributed by atoms with Crippen molar-refractivity contribution in [2.45, 2.75) is 19.0 Å². The summed E-state index contributed by atoms with van der Waals surface area (Å²) in [7, 11) is 0. The highest BCUT2D eigenvalue weighted by Crippen LogP contribution is 2.40. The Kier molecular flexibility index (Phi) is 3.73. The van der Waals surface area contributed by atoms with E-state index in [-0.39, 0.29) is 6.20 Å². The fraction of sp³-hybridized carbons (Fsp3) is 0.333. The summed E-state index contributed by atoms with van der Waals surface area (Å²) in [5.74, 6) is -3.13. The summed E-state index contributed by atoms with van der Waals surface area (Å²) >= 11 is 0. The third-order valence-electron chi connectivity index (χ3n) is 2.01. The molecular weight excluding hydrogens is 265 g/mol. The van der Waals surface area contributed by atoms with Gasteiger partial charge in [-0.3, -0.25) is 9.78 Å². The van der Waals surface area contributed by atoms with Crippen molar-refractivity contribution < 1.29 is 37.0 Å². The summed E-state index contributed by atoms with van der Waals surface area (Å²) in [6.45, 7) is 0. The van der Waals surface area contributed by atoms with Crippen LogP contribution in [0, 0.1) is 0 Å². The van der Waals surface area contributed by atoms with Crippen molar-refractivity contribution in [3.8, 4) is 5.75 Å². The van der Waals surface area contributed by atoms with Crippen LogP contribution in [0.15, 0.2) is 6.20 Å². The van der Waals surface area contributed by atoms with E-state index in [9.17, 15) is 26.7 Å². The number of carbonyl (C=O) groups is 1. The van der Waals surface area contributed by atoms with Gasteiger partial charge in [0.05, 0.1) is 12.6 Å². The molecule has 1 aromatic rings. The fourth-order valence-electron chi connectivity index (χ4n) is 1.39. The first-order valence-electron chi connectivity index (χ1n) is 4.42. The number of nitrogens with zero attached hydrogens (tertiary/aromatic N) is 1. The third kappa shape index (κ3) is 2.84. The lowest BCUT2D eigenvalue weighted by atomic mass is 10.0. The Morgan fingerprint density at radius 1 is 1.39 bits per heavy atom. The molecule has 100 valence electrons. The van der Waals surface area contributed by atoms with E-state index >= 15 is 0 Å². The highest BCUT2D eigenvalue weighted by Gasteiger charge is 2.39. The number of hydrogen-bond acceptors (Lipinski definition) is 3. The predicted molar refractivity (Wildman–Crippen MR) is 47.2 cm³/mol. The summed E-state index contributed by atoms with van der Waals surface area (Å²) in [5, 5.41) is 17.5. The molecule has 0 aromatic carbocycles. The first kappa shape index (κ1) is 14.1. The summed E-state index contributed by atoms with van der Waals surface area (Å²) in [6, 6.07) is 0. The SMILES string of the molecule is O=C(O)Cc1c(C(F)F)ncc(O)c1C(F)(F)F. The number of carboxylic acids is 1. The van der Waals surface area contributed by atoms with Crippen LogP contribution in [0.2, 0.25) is 0 Å². The van der Waals surface area contributed by atoms with Crippen molar-refractivity contribution in [2.24, 2.45) is 0 Å². The molecule has 0 spiro atoms. The summed E-state index contributed by atoms with van der Waals surface area (Å²) in [5.41, 5.74) is -4.33. The van der Waals surface area contributed by atoms with E-state index in [1.165, 1.54) is 0 Å². The smallest absolute Gasteiger partial charge is 0.420 e. The van der Waals surface area contributed by atoms with Crippen molar-refractivity contribution in [2.75, 3.05) is 0 Å². The number of aliphatic carboxylic acids is 1. The van der Waals surface area contributed by atoms with Crippen LogP contribution in [0.4, 0.5) is 22.0 Å². The summed E-state index contributed by atoms with van der Waals surface area (Å²) in [4.78, 5) is 13.4. The minimum atomic E-state index is -5.15. The molecule has 4 nitrogen and oxygen atoms in total. The Morgan fingerprint density at radius 3 is 2.33 bits per heavy atom. The average molecular weight is 271 g/mol. The van der Waals surface area contributed by atoms with Gasteiger partial charge in [0.1, 0.15) is 17.0 Å². The molecule has 9 heteroatoms. The van der Waals surface area contributed by atoms with Crippen LogP contribution in [-0.4, -0.2) is 21.2 Å². The lowest BCUT2D eigenvalue weighted by Gasteiger charge is -2.15. The van der Waals surface area contributed by atoms with Gasteiger partial charge in [0.25, 0.3) is 6.43 Å². The zero-order valence-corrected chi connectivity index (χ0v) is 8.50. The minimum absolute atomic E-state index is 0.218. The molecule has 0 atom stereocenters. The Hall–Kier alpha value is -1.93. The van der Waals surface area contributed by atoms with Gasteiger partial charge in [-0.1, -0.05) is 0 Å². The molecule has 0 aliphatic heterocycles. The van der Waals surface area contributed by atoms with E-state index in [0.29, 0.717) is 0 Å². The van der Waals surface area contributed by atoms with Crippen molar-refractivity contribution >= 4 is 5.97 Å². The van der Waals surface area contributed by atoms with Crippen LogP contribution in [-0.2, 0) is 17.4 Å². The molecule has 0 bridgehead atoms. The van der Waals surface area contributed by atoms with E-state index in [4.69, 9.17) is 10.2 Å². The molecule has 0 unspecified atom stereocenters. The van der Waals surface area contributed by atoms with E-state index < -0.39 is 47.6 Å². The molecule has 0 saturated carbocycles. The van der Waals surface area contributed by atoms with E-state index in [2.05, 4.69) is 4.98 Å². The maximum Gasteiger partial charge on any atom is 0.420 e. The number of alkyl halides is 5. The zero-order chi connectivity index (χ0) is 14.1. The van der Waals surface area contributed by atoms with Gasteiger partial charge >= 0.3 is 12.1 Å².